The van der Waals surface area contributed by atoms with Gasteiger partial charge in [-0.3, -0.25) is 9.78 Å². The number of fused-ring (bicyclic) bond motifs is 4. The lowest BCUT2D eigenvalue weighted by molar-refractivity contribution is 0.630. The summed E-state index contributed by atoms with van der Waals surface area (Å²) < 4.78 is 15.2. The van der Waals surface area contributed by atoms with E-state index in [9.17, 15) is 9.18 Å². The lowest BCUT2D eigenvalue weighted by Gasteiger charge is -2.12. The molecule has 29 heavy (non-hydrogen) atoms. The van der Waals surface area contributed by atoms with Crippen molar-refractivity contribution >= 4 is 59.7 Å². The van der Waals surface area contributed by atoms with Crippen LogP contribution in [0.3, 0.4) is 0 Å². The molecule has 142 valence electrons. The normalized spacial score (nSPS) is 11.4. The van der Waals surface area contributed by atoms with Crippen LogP contribution in [0.2, 0.25) is 5.02 Å². The Morgan fingerprint density at radius 1 is 1.03 bits per heavy atom. The monoisotopic (exact) mass is 420 g/mol. The highest BCUT2D eigenvalue weighted by molar-refractivity contribution is 7.25. The van der Waals surface area contributed by atoms with Crippen LogP contribution >= 0.6 is 22.9 Å². The van der Waals surface area contributed by atoms with E-state index in [1.807, 2.05) is 48.5 Å². The van der Waals surface area contributed by atoms with Crippen molar-refractivity contribution in [3.8, 4) is 0 Å². The second-order valence-corrected chi connectivity index (χ2v) is 8.19. The van der Waals surface area contributed by atoms with Gasteiger partial charge in [-0.1, -0.05) is 48.0 Å². The zero-order valence-corrected chi connectivity index (χ0v) is 16.7. The van der Waals surface area contributed by atoms with E-state index in [0.717, 1.165) is 21.3 Å². The van der Waals surface area contributed by atoms with Gasteiger partial charge in [-0.2, -0.15) is 0 Å². The largest absolute Gasteiger partial charge is 0.380 e. The van der Waals surface area contributed by atoms with Gasteiger partial charge in [0.25, 0.3) is 0 Å². The first-order valence-corrected chi connectivity index (χ1v) is 10.2. The molecule has 5 aromatic rings. The van der Waals surface area contributed by atoms with Crippen molar-refractivity contribution in [3.63, 3.8) is 0 Å². The summed E-state index contributed by atoms with van der Waals surface area (Å²) in [4.78, 5) is 17.9. The first-order chi connectivity index (χ1) is 14.1. The second-order valence-electron chi connectivity index (χ2n) is 6.73. The minimum absolute atomic E-state index is 0.236. The molecule has 5 rings (SSSR count). The van der Waals surface area contributed by atoms with Gasteiger partial charge in [0.05, 0.1) is 25.3 Å². The minimum Gasteiger partial charge on any atom is -0.380 e. The fraction of sp³-hybridized carbons (Fsp3) is 0.0435. The van der Waals surface area contributed by atoms with E-state index < -0.39 is 5.82 Å². The third-order valence-corrected chi connectivity index (χ3v) is 6.46. The van der Waals surface area contributed by atoms with Crippen molar-refractivity contribution in [2.24, 2.45) is 0 Å². The molecule has 0 radical (unpaired) electrons. The minimum atomic E-state index is -0.521. The van der Waals surface area contributed by atoms with Gasteiger partial charge in [0.1, 0.15) is 5.82 Å². The standard InChI is InChI=1S/C23H14ClFN2OS/c24-16-10-14(25)9-15-22(28)21-19(29-23(15)16)12-27-18-8-4-7-17(20(18)21)26-11-13-5-2-1-3-6-13/h1-10,12,26H,11H2. The Bertz CT molecular complexity index is 1450. The van der Waals surface area contributed by atoms with E-state index in [2.05, 4.69) is 10.3 Å². The number of hydrogen-bond acceptors (Lipinski definition) is 4. The number of rotatable bonds is 3. The summed E-state index contributed by atoms with van der Waals surface area (Å²) >= 11 is 7.55. The summed E-state index contributed by atoms with van der Waals surface area (Å²) in [5.74, 6) is -0.521. The molecule has 1 N–H and O–H groups in total. The summed E-state index contributed by atoms with van der Waals surface area (Å²) in [6, 6.07) is 18.2. The highest BCUT2D eigenvalue weighted by Crippen LogP contribution is 2.35. The SMILES string of the molecule is O=c1c2cc(F)cc(Cl)c2sc2cnc3cccc(NCc4ccccc4)c3c12. The lowest BCUT2D eigenvalue weighted by atomic mass is 10.1. The van der Waals surface area contributed by atoms with Crippen LogP contribution in [0.25, 0.3) is 31.1 Å². The van der Waals surface area contributed by atoms with Gasteiger partial charge in [-0.15, -0.1) is 11.3 Å². The van der Waals surface area contributed by atoms with E-state index in [4.69, 9.17) is 11.6 Å². The van der Waals surface area contributed by atoms with Crippen molar-refractivity contribution in [2.75, 3.05) is 5.32 Å². The van der Waals surface area contributed by atoms with Crippen LogP contribution in [0.1, 0.15) is 5.56 Å². The van der Waals surface area contributed by atoms with Crippen molar-refractivity contribution in [1.82, 2.24) is 4.98 Å². The fourth-order valence-corrected chi connectivity index (χ4v) is 4.91. The number of nitrogens with one attached hydrogen (secondary N) is 1. The van der Waals surface area contributed by atoms with E-state index in [-0.39, 0.29) is 15.8 Å². The van der Waals surface area contributed by atoms with Crippen molar-refractivity contribution in [1.29, 1.82) is 0 Å². The molecule has 3 aromatic carbocycles. The first kappa shape index (κ1) is 18.0. The predicted octanol–water partition coefficient (Wildman–Crippen LogP) is 6.37. The van der Waals surface area contributed by atoms with E-state index in [0.29, 0.717) is 22.1 Å². The molecule has 0 fully saturated rings. The quantitative estimate of drug-likeness (QED) is 0.272. The van der Waals surface area contributed by atoms with Gasteiger partial charge < -0.3 is 5.32 Å². The van der Waals surface area contributed by atoms with Crippen LogP contribution < -0.4 is 10.7 Å². The van der Waals surface area contributed by atoms with E-state index >= 15 is 0 Å². The van der Waals surface area contributed by atoms with Gasteiger partial charge >= 0.3 is 0 Å². The average molecular weight is 421 g/mol. The van der Waals surface area contributed by atoms with Crippen molar-refractivity contribution in [2.45, 2.75) is 6.54 Å². The average Bonchev–Trinajstić information content (AvgIpc) is 2.73. The Balaban J connectivity index is 1.79. The highest BCUT2D eigenvalue weighted by Gasteiger charge is 2.15. The molecule has 0 spiro atoms. The topological polar surface area (TPSA) is 42.0 Å². The van der Waals surface area contributed by atoms with Crippen LogP contribution in [-0.4, -0.2) is 4.98 Å². The maximum atomic E-state index is 13.9. The Morgan fingerprint density at radius 2 is 1.86 bits per heavy atom. The number of benzene rings is 3. The van der Waals surface area contributed by atoms with Gasteiger partial charge in [-0.25, -0.2) is 4.39 Å². The van der Waals surface area contributed by atoms with Crippen LogP contribution in [-0.2, 0) is 6.54 Å². The summed E-state index contributed by atoms with van der Waals surface area (Å²) in [6.07, 6.45) is 1.68. The molecule has 0 aliphatic carbocycles. The molecule has 0 unspecified atom stereocenters. The summed E-state index contributed by atoms with van der Waals surface area (Å²) in [7, 11) is 0. The number of halogens is 2. The molecular formula is C23H14ClFN2OS. The van der Waals surface area contributed by atoms with Gasteiger partial charge in [-0.05, 0) is 29.8 Å². The fourth-order valence-electron chi connectivity index (χ4n) is 3.55. The zero-order chi connectivity index (χ0) is 20.0. The molecule has 2 aromatic heterocycles. The second kappa shape index (κ2) is 7.10. The third-order valence-electron chi connectivity index (χ3n) is 4.88. The maximum Gasteiger partial charge on any atom is 0.196 e. The summed E-state index contributed by atoms with van der Waals surface area (Å²) in [5, 5.41) is 5.22. The van der Waals surface area contributed by atoms with Crippen LogP contribution in [0.15, 0.2) is 71.7 Å². The molecule has 6 heteroatoms. The molecule has 0 bridgehead atoms. The van der Waals surface area contributed by atoms with Crippen molar-refractivity contribution < 1.29 is 4.39 Å². The van der Waals surface area contributed by atoms with Crippen molar-refractivity contribution in [3.05, 3.63) is 93.5 Å². The molecular weight excluding hydrogens is 407 g/mol. The molecule has 0 atom stereocenters. The highest BCUT2D eigenvalue weighted by atomic mass is 35.5. The van der Waals surface area contributed by atoms with E-state index in [1.165, 1.54) is 23.5 Å². The Labute approximate surface area is 174 Å². The predicted molar refractivity (Wildman–Crippen MR) is 120 cm³/mol. The van der Waals surface area contributed by atoms with Gasteiger partial charge in [0.2, 0.25) is 0 Å². The number of hydrogen-bond donors (Lipinski definition) is 1. The summed E-state index contributed by atoms with van der Waals surface area (Å²) in [5.41, 5.74) is 2.41. The van der Waals surface area contributed by atoms with E-state index in [1.54, 1.807) is 6.20 Å². The Morgan fingerprint density at radius 3 is 2.69 bits per heavy atom. The molecule has 3 nitrogen and oxygen atoms in total. The summed E-state index contributed by atoms with van der Waals surface area (Å²) in [6.45, 7) is 0.613. The Hall–Kier alpha value is -3.02. The number of aromatic nitrogens is 1. The molecule has 0 amide bonds. The maximum absolute atomic E-state index is 13.9. The third kappa shape index (κ3) is 3.12. The number of nitrogens with zero attached hydrogens (tertiary/aromatic N) is 1. The molecule has 2 heterocycles. The first-order valence-electron chi connectivity index (χ1n) is 9.03. The Kier molecular flexibility index (Phi) is 4.42. The van der Waals surface area contributed by atoms with Crippen LogP contribution in [0, 0.1) is 5.82 Å². The molecule has 0 saturated carbocycles. The van der Waals surface area contributed by atoms with Gasteiger partial charge in [0, 0.05) is 29.2 Å². The molecule has 0 aliphatic rings. The molecule has 0 saturated heterocycles. The molecule has 0 aliphatic heterocycles. The lowest BCUT2D eigenvalue weighted by Crippen LogP contribution is -2.06. The number of pyridine rings is 1. The smallest absolute Gasteiger partial charge is 0.196 e. The van der Waals surface area contributed by atoms with Crippen LogP contribution in [0.4, 0.5) is 10.1 Å². The zero-order valence-electron chi connectivity index (χ0n) is 15.1. The van der Waals surface area contributed by atoms with Crippen LogP contribution in [0.5, 0.6) is 0 Å². The number of anilines is 1. The van der Waals surface area contributed by atoms with Gasteiger partial charge in [0.15, 0.2) is 5.43 Å².